The van der Waals surface area contributed by atoms with E-state index in [2.05, 4.69) is 10.6 Å². The Morgan fingerprint density at radius 2 is 2.08 bits per heavy atom. The molecule has 126 valence electrons. The summed E-state index contributed by atoms with van der Waals surface area (Å²) in [6.45, 7) is 4.04. The van der Waals surface area contributed by atoms with Crippen LogP contribution >= 0.6 is 0 Å². The molecule has 0 fully saturated rings. The first-order chi connectivity index (χ1) is 11.5. The molecule has 24 heavy (non-hydrogen) atoms. The summed E-state index contributed by atoms with van der Waals surface area (Å²) in [5.41, 5.74) is 13.4. The molecule has 6 heteroatoms. The number of nitrogens with two attached hydrogens (primary N) is 2. The second kappa shape index (κ2) is 7.92. The van der Waals surface area contributed by atoms with Crippen LogP contribution in [0.1, 0.15) is 28.8 Å². The number of furan rings is 1. The van der Waals surface area contributed by atoms with Gasteiger partial charge in [-0.15, -0.1) is 0 Å². The Balaban J connectivity index is 2.03. The van der Waals surface area contributed by atoms with E-state index in [4.69, 9.17) is 15.9 Å². The number of allylic oxidation sites excluding steroid dienone is 2. The maximum atomic E-state index is 12.2. The van der Waals surface area contributed by atoms with Crippen LogP contribution in [0.25, 0.3) is 0 Å². The fraction of sp³-hybridized carbons (Fsp3) is 0.167. The number of amides is 1. The Labute approximate surface area is 141 Å². The van der Waals surface area contributed by atoms with Gasteiger partial charge in [-0.05, 0) is 62.0 Å². The number of rotatable bonds is 6. The molecule has 0 saturated carbocycles. The molecule has 1 aromatic heterocycles. The fourth-order valence-corrected chi connectivity index (χ4v) is 2.08. The van der Waals surface area contributed by atoms with E-state index < -0.39 is 0 Å². The Morgan fingerprint density at radius 1 is 1.29 bits per heavy atom. The SMILES string of the molecule is CC(/C=C\N)=C(/N)Nc1cccc(C(=O)NCc2ccc(C)o2)c1. The number of benzene rings is 1. The number of carbonyl (C=O) groups is 1. The van der Waals surface area contributed by atoms with Crippen molar-refractivity contribution in [1.29, 1.82) is 0 Å². The second-order valence-electron chi connectivity index (χ2n) is 5.36. The summed E-state index contributed by atoms with van der Waals surface area (Å²) in [4.78, 5) is 12.2. The highest BCUT2D eigenvalue weighted by atomic mass is 16.3. The van der Waals surface area contributed by atoms with Crippen LogP contribution in [0.4, 0.5) is 5.69 Å². The zero-order valence-electron chi connectivity index (χ0n) is 13.8. The lowest BCUT2D eigenvalue weighted by Gasteiger charge is -2.10. The summed E-state index contributed by atoms with van der Waals surface area (Å²) in [5, 5.41) is 5.87. The van der Waals surface area contributed by atoms with Gasteiger partial charge in [0.05, 0.1) is 6.54 Å². The average molecular weight is 326 g/mol. The van der Waals surface area contributed by atoms with Crippen molar-refractivity contribution in [1.82, 2.24) is 5.32 Å². The van der Waals surface area contributed by atoms with Gasteiger partial charge in [-0.25, -0.2) is 0 Å². The highest BCUT2D eigenvalue weighted by molar-refractivity contribution is 5.95. The molecule has 0 aliphatic heterocycles. The van der Waals surface area contributed by atoms with Crippen molar-refractivity contribution in [2.45, 2.75) is 20.4 Å². The molecule has 0 aliphatic rings. The van der Waals surface area contributed by atoms with E-state index in [1.807, 2.05) is 32.0 Å². The first-order valence-electron chi connectivity index (χ1n) is 7.55. The molecule has 1 heterocycles. The molecule has 6 N–H and O–H groups in total. The van der Waals surface area contributed by atoms with Crippen LogP contribution in [0.2, 0.25) is 0 Å². The number of anilines is 1. The molecule has 0 spiro atoms. The zero-order chi connectivity index (χ0) is 17.5. The number of nitrogens with one attached hydrogen (secondary N) is 2. The molecule has 2 aromatic rings. The Kier molecular flexibility index (Phi) is 5.68. The van der Waals surface area contributed by atoms with Gasteiger partial charge in [0.15, 0.2) is 0 Å². The van der Waals surface area contributed by atoms with Crippen LogP contribution in [0, 0.1) is 6.92 Å². The van der Waals surface area contributed by atoms with E-state index in [9.17, 15) is 4.79 Å². The van der Waals surface area contributed by atoms with Crippen molar-refractivity contribution in [3.63, 3.8) is 0 Å². The maximum Gasteiger partial charge on any atom is 0.251 e. The highest BCUT2D eigenvalue weighted by Crippen LogP contribution is 2.14. The van der Waals surface area contributed by atoms with Crippen LogP contribution < -0.4 is 22.1 Å². The van der Waals surface area contributed by atoms with Gasteiger partial charge in [-0.2, -0.15) is 0 Å². The van der Waals surface area contributed by atoms with Crippen molar-refractivity contribution < 1.29 is 9.21 Å². The van der Waals surface area contributed by atoms with Crippen LogP contribution in [0.15, 0.2) is 64.5 Å². The third-order valence-corrected chi connectivity index (χ3v) is 3.39. The summed E-state index contributed by atoms with van der Waals surface area (Å²) in [6.07, 6.45) is 3.12. The Bertz CT molecular complexity index is 775. The van der Waals surface area contributed by atoms with Crippen LogP contribution in [0.3, 0.4) is 0 Å². The molecular formula is C18H22N4O2. The highest BCUT2D eigenvalue weighted by Gasteiger charge is 2.08. The molecule has 0 unspecified atom stereocenters. The quantitative estimate of drug-likeness (QED) is 0.611. The average Bonchev–Trinajstić information content (AvgIpc) is 2.98. The molecule has 0 aliphatic carbocycles. The maximum absolute atomic E-state index is 12.2. The molecule has 2 rings (SSSR count). The summed E-state index contributed by atoms with van der Waals surface area (Å²) < 4.78 is 5.43. The van der Waals surface area contributed by atoms with E-state index >= 15 is 0 Å². The molecule has 1 aromatic carbocycles. The minimum Gasteiger partial charge on any atom is -0.465 e. The van der Waals surface area contributed by atoms with Gasteiger partial charge in [-0.1, -0.05) is 6.07 Å². The van der Waals surface area contributed by atoms with Crippen molar-refractivity contribution >= 4 is 11.6 Å². The first-order valence-corrected chi connectivity index (χ1v) is 7.55. The smallest absolute Gasteiger partial charge is 0.251 e. The molecule has 0 atom stereocenters. The molecular weight excluding hydrogens is 304 g/mol. The molecule has 0 saturated heterocycles. The summed E-state index contributed by atoms with van der Waals surface area (Å²) >= 11 is 0. The van der Waals surface area contributed by atoms with E-state index in [1.54, 1.807) is 24.3 Å². The summed E-state index contributed by atoms with van der Waals surface area (Å²) in [5.74, 6) is 1.82. The largest absolute Gasteiger partial charge is 0.465 e. The number of carbonyl (C=O) groups excluding carboxylic acids is 1. The molecule has 0 radical (unpaired) electrons. The molecule has 1 amide bonds. The van der Waals surface area contributed by atoms with Gasteiger partial charge in [0, 0.05) is 11.3 Å². The van der Waals surface area contributed by atoms with Crippen LogP contribution in [-0.2, 0) is 6.54 Å². The fourth-order valence-electron chi connectivity index (χ4n) is 2.08. The first kappa shape index (κ1) is 17.2. The van der Waals surface area contributed by atoms with Crippen molar-refractivity contribution in [2.75, 3.05) is 5.32 Å². The van der Waals surface area contributed by atoms with Gasteiger partial charge >= 0.3 is 0 Å². The topological polar surface area (TPSA) is 106 Å². The predicted octanol–water partition coefficient (Wildman–Crippen LogP) is 2.59. The number of aryl methyl sites for hydroxylation is 1. The third-order valence-electron chi connectivity index (χ3n) is 3.39. The summed E-state index contributed by atoms with van der Waals surface area (Å²) in [7, 11) is 0. The van der Waals surface area contributed by atoms with Gasteiger partial charge in [0.1, 0.15) is 17.3 Å². The van der Waals surface area contributed by atoms with Gasteiger partial charge in [0.25, 0.3) is 5.91 Å². The zero-order valence-corrected chi connectivity index (χ0v) is 13.8. The number of hydrogen-bond acceptors (Lipinski definition) is 5. The minimum atomic E-state index is -0.186. The predicted molar refractivity (Wildman–Crippen MR) is 94.9 cm³/mol. The monoisotopic (exact) mass is 326 g/mol. The van der Waals surface area contributed by atoms with Crippen molar-refractivity contribution in [3.8, 4) is 0 Å². The Hall–Kier alpha value is -3.15. The second-order valence-corrected chi connectivity index (χ2v) is 5.36. The Morgan fingerprint density at radius 3 is 2.75 bits per heavy atom. The van der Waals surface area contributed by atoms with Crippen molar-refractivity contribution in [2.24, 2.45) is 11.5 Å². The summed E-state index contributed by atoms with van der Waals surface area (Å²) in [6, 6.07) is 10.8. The van der Waals surface area contributed by atoms with E-state index in [0.717, 1.165) is 17.0 Å². The van der Waals surface area contributed by atoms with Crippen LogP contribution in [-0.4, -0.2) is 5.91 Å². The van der Waals surface area contributed by atoms with Crippen LogP contribution in [0.5, 0.6) is 0 Å². The lowest BCUT2D eigenvalue weighted by Crippen LogP contribution is -2.22. The third kappa shape index (κ3) is 4.67. The molecule has 0 bridgehead atoms. The van der Waals surface area contributed by atoms with E-state index in [-0.39, 0.29) is 5.91 Å². The van der Waals surface area contributed by atoms with E-state index in [1.165, 1.54) is 6.20 Å². The lowest BCUT2D eigenvalue weighted by molar-refractivity contribution is 0.0948. The minimum absolute atomic E-state index is 0.186. The van der Waals surface area contributed by atoms with E-state index in [0.29, 0.717) is 23.7 Å². The van der Waals surface area contributed by atoms with Gasteiger partial charge < -0.3 is 26.5 Å². The normalized spacial score (nSPS) is 12.1. The molecule has 6 nitrogen and oxygen atoms in total. The van der Waals surface area contributed by atoms with Crippen molar-refractivity contribution in [3.05, 3.63) is 77.2 Å². The van der Waals surface area contributed by atoms with Gasteiger partial charge in [-0.3, -0.25) is 4.79 Å². The standard InChI is InChI=1S/C18H22N4O2/c1-12(8-9-19)17(20)22-15-5-3-4-14(10-15)18(23)21-11-16-7-6-13(2)24-16/h3-10,22H,11,19-20H2,1-2H3,(H,21,23)/b9-8-,17-12+. The van der Waals surface area contributed by atoms with Gasteiger partial charge in [0.2, 0.25) is 0 Å². The lowest BCUT2D eigenvalue weighted by atomic mass is 10.2. The number of hydrogen-bond donors (Lipinski definition) is 4.